The van der Waals surface area contributed by atoms with E-state index in [2.05, 4.69) is 0 Å². The Balaban J connectivity index is 2.50. The van der Waals surface area contributed by atoms with E-state index in [0.717, 1.165) is 0 Å². The molecule has 21 heavy (non-hydrogen) atoms. The lowest BCUT2D eigenvalue weighted by atomic mass is 9.79. The van der Waals surface area contributed by atoms with Gasteiger partial charge in [0.05, 0.1) is 13.5 Å². The van der Waals surface area contributed by atoms with E-state index in [4.69, 9.17) is 9.47 Å². The molecule has 0 radical (unpaired) electrons. The Morgan fingerprint density at radius 3 is 2.57 bits per heavy atom. The van der Waals surface area contributed by atoms with E-state index in [1.54, 1.807) is 25.2 Å². The van der Waals surface area contributed by atoms with Crippen molar-refractivity contribution in [1.29, 1.82) is 0 Å². The van der Waals surface area contributed by atoms with Crippen LogP contribution in [0.25, 0.3) is 0 Å². The molecule has 0 aliphatic carbocycles. The lowest BCUT2D eigenvalue weighted by molar-refractivity contribution is -0.150. The first-order chi connectivity index (χ1) is 9.92. The highest BCUT2D eigenvalue weighted by molar-refractivity contribution is 6.09. The monoisotopic (exact) mass is 291 g/mol. The fraction of sp³-hybridized carbons (Fsp3) is 0.400. The summed E-state index contributed by atoms with van der Waals surface area (Å²) in [5.74, 6) is -1.31. The summed E-state index contributed by atoms with van der Waals surface area (Å²) in [6.07, 6.45) is -0.170. The normalized spacial score (nSPS) is 20.1. The minimum absolute atomic E-state index is 0.170. The van der Waals surface area contributed by atoms with Crippen LogP contribution in [0.5, 0.6) is 0 Å². The second-order valence-electron chi connectivity index (χ2n) is 5.00. The third kappa shape index (κ3) is 2.49. The van der Waals surface area contributed by atoms with Gasteiger partial charge in [-0.2, -0.15) is 0 Å². The number of para-hydroxylation sites is 1. The van der Waals surface area contributed by atoms with Crippen LogP contribution in [0.15, 0.2) is 24.3 Å². The van der Waals surface area contributed by atoms with Gasteiger partial charge in [-0.15, -0.1) is 0 Å². The highest BCUT2D eigenvalue weighted by Crippen LogP contribution is 2.43. The average molecular weight is 291 g/mol. The maximum atomic E-state index is 12.7. The van der Waals surface area contributed by atoms with E-state index in [-0.39, 0.29) is 18.9 Å². The van der Waals surface area contributed by atoms with E-state index >= 15 is 0 Å². The van der Waals surface area contributed by atoms with E-state index in [0.29, 0.717) is 11.3 Å². The average Bonchev–Trinajstić information content (AvgIpc) is 2.68. The molecule has 1 atom stereocenters. The van der Waals surface area contributed by atoms with Crippen molar-refractivity contribution in [2.75, 3.05) is 25.7 Å². The fourth-order valence-electron chi connectivity index (χ4n) is 2.62. The number of esters is 2. The molecule has 0 spiro atoms. The topological polar surface area (TPSA) is 72.9 Å². The quantitative estimate of drug-likeness (QED) is 0.775. The van der Waals surface area contributed by atoms with Crippen LogP contribution in [0.4, 0.5) is 5.69 Å². The molecule has 1 aromatic rings. The Hall–Kier alpha value is -2.37. The number of methoxy groups -OCH3 is 1. The molecule has 1 heterocycles. The Morgan fingerprint density at radius 1 is 1.29 bits per heavy atom. The zero-order chi connectivity index (χ0) is 15.6. The van der Waals surface area contributed by atoms with Crippen molar-refractivity contribution in [3.63, 3.8) is 0 Å². The third-order valence-electron chi connectivity index (χ3n) is 3.69. The van der Waals surface area contributed by atoms with Gasteiger partial charge in [0, 0.05) is 19.7 Å². The zero-order valence-electron chi connectivity index (χ0n) is 12.2. The summed E-state index contributed by atoms with van der Waals surface area (Å²) in [7, 11) is 2.89. The van der Waals surface area contributed by atoms with Gasteiger partial charge in [-0.05, 0) is 11.6 Å². The van der Waals surface area contributed by atoms with E-state index in [9.17, 15) is 14.4 Å². The first-order valence-electron chi connectivity index (χ1n) is 6.50. The predicted octanol–water partition coefficient (Wildman–Crippen LogP) is 1.03. The lowest BCUT2D eigenvalue weighted by Crippen LogP contribution is -2.44. The van der Waals surface area contributed by atoms with Crippen LogP contribution in [0, 0.1) is 0 Å². The molecule has 0 aromatic heterocycles. The minimum atomic E-state index is -1.22. The van der Waals surface area contributed by atoms with Gasteiger partial charge >= 0.3 is 11.9 Å². The molecule has 0 bridgehead atoms. The number of amides is 1. The van der Waals surface area contributed by atoms with Crippen molar-refractivity contribution >= 4 is 23.5 Å². The molecule has 1 aliphatic heterocycles. The van der Waals surface area contributed by atoms with Crippen molar-refractivity contribution < 1.29 is 23.9 Å². The first-order valence-corrected chi connectivity index (χ1v) is 6.50. The number of anilines is 1. The standard InChI is InChI=1S/C15H17NO5/c1-10(17)21-9-15(8-13(18)20-3)11-6-4-5-7-12(11)16(2)14(15)19/h4-7H,8-9H2,1-3H3/t15-/m0/s1. The van der Waals surface area contributed by atoms with Gasteiger partial charge in [0.1, 0.15) is 12.0 Å². The number of fused-ring (bicyclic) bond motifs is 1. The van der Waals surface area contributed by atoms with Crippen molar-refractivity contribution in [3.05, 3.63) is 29.8 Å². The molecule has 6 nitrogen and oxygen atoms in total. The highest BCUT2D eigenvalue weighted by Gasteiger charge is 2.52. The molecule has 1 amide bonds. The lowest BCUT2D eigenvalue weighted by Gasteiger charge is -2.26. The third-order valence-corrected chi connectivity index (χ3v) is 3.69. The summed E-state index contributed by atoms with van der Waals surface area (Å²) >= 11 is 0. The number of nitrogens with zero attached hydrogens (tertiary/aromatic N) is 1. The molecule has 1 aliphatic rings. The first kappa shape index (κ1) is 15.0. The number of ether oxygens (including phenoxy) is 2. The number of rotatable bonds is 4. The van der Waals surface area contributed by atoms with Crippen LogP contribution >= 0.6 is 0 Å². The number of likely N-dealkylation sites (N-methyl/N-ethyl adjacent to an activating group) is 1. The number of benzene rings is 1. The summed E-state index contributed by atoms with van der Waals surface area (Å²) in [6.45, 7) is 1.08. The predicted molar refractivity (Wildman–Crippen MR) is 74.8 cm³/mol. The molecule has 0 fully saturated rings. The zero-order valence-corrected chi connectivity index (χ0v) is 12.2. The van der Waals surface area contributed by atoms with Crippen LogP contribution in [0.3, 0.4) is 0 Å². The second-order valence-corrected chi connectivity index (χ2v) is 5.00. The molecule has 0 saturated heterocycles. The molecule has 2 rings (SSSR count). The van der Waals surface area contributed by atoms with Gasteiger partial charge in [-0.1, -0.05) is 18.2 Å². The second kappa shape index (κ2) is 5.55. The molecule has 0 saturated carbocycles. The molecule has 0 N–H and O–H groups in total. The van der Waals surface area contributed by atoms with Gasteiger partial charge in [0.2, 0.25) is 5.91 Å². The summed E-state index contributed by atoms with van der Waals surface area (Å²) < 4.78 is 9.75. The Kier molecular flexibility index (Phi) is 3.97. The van der Waals surface area contributed by atoms with Gasteiger partial charge in [-0.25, -0.2) is 0 Å². The maximum Gasteiger partial charge on any atom is 0.307 e. The number of hydrogen-bond acceptors (Lipinski definition) is 5. The smallest absolute Gasteiger partial charge is 0.307 e. The molecule has 112 valence electrons. The van der Waals surface area contributed by atoms with Crippen LogP contribution in [0.2, 0.25) is 0 Å². The molecule has 6 heteroatoms. The van der Waals surface area contributed by atoms with Gasteiger partial charge in [0.25, 0.3) is 0 Å². The SMILES string of the molecule is COC(=O)C[C@@]1(COC(C)=O)C(=O)N(C)c2ccccc21. The van der Waals surface area contributed by atoms with Crippen LogP contribution in [-0.2, 0) is 29.3 Å². The van der Waals surface area contributed by atoms with Crippen molar-refractivity contribution in [1.82, 2.24) is 0 Å². The van der Waals surface area contributed by atoms with Gasteiger partial charge < -0.3 is 14.4 Å². The molecular formula is C15H17NO5. The molecule has 0 unspecified atom stereocenters. The van der Waals surface area contributed by atoms with Gasteiger partial charge in [-0.3, -0.25) is 14.4 Å². The number of hydrogen-bond donors (Lipinski definition) is 0. The largest absolute Gasteiger partial charge is 0.469 e. The Morgan fingerprint density at radius 2 is 1.95 bits per heavy atom. The van der Waals surface area contributed by atoms with Crippen LogP contribution in [0.1, 0.15) is 18.9 Å². The van der Waals surface area contributed by atoms with Crippen molar-refractivity contribution in [3.8, 4) is 0 Å². The summed E-state index contributed by atoms with van der Waals surface area (Å²) in [6, 6.07) is 7.15. The summed E-state index contributed by atoms with van der Waals surface area (Å²) in [5, 5.41) is 0. The van der Waals surface area contributed by atoms with E-state index < -0.39 is 17.4 Å². The minimum Gasteiger partial charge on any atom is -0.469 e. The van der Waals surface area contributed by atoms with Crippen LogP contribution < -0.4 is 4.90 Å². The Labute approximate surface area is 122 Å². The maximum absolute atomic E-state index is 12.7. The van der Waals surface area contributed by atoms with Crippen LogP contribution in [-0.4, -0.2) is 38.6 Å². The molecular weight excluding hydrogens is 274 g/mol. The van der Waals surface area contributed by atoms with Crippen molar-refractivity contribution in [2.45, 2.75) is 18.8 Å². The number of carbonyl (C=O) groups excluding carboxylic acids is 3. The summed E-state index contributed by atoms with van der Waals surface area (Å²) in [4.78, 5) is 37.0. The number of carbonyl (C=O) groups is 3. The van der Waals surface area contributed by atoms with E-state index in [1.807, 2.05) is 6.07 Å². The van der Waals surface area contributed by atoms with E-state index in [1.165, 1.54) is 18.9 Å². The Bertz CT molecular complexity index is 597. The van der Waals surface area contributed by atoms with Gasteiger partial charge in [0.15, 0.2) is 0 Å². The highest BCUT2D eigenvalue weighted by atomic mass is 16.5. The molecule has 1 aromatic carbocycles. The summed E-state index contributed by atoms with van der Waals surface area (Å²) in [5.41, 5.74) is 0.159. The fourth-order valence-corrected chi connectivity index (χ4v) is 2.62. The van der Waals surface area contributed by atoms with Crippen molar-refractivity contribution in [2.24, 2.45) is 0 Å².